The number of hydrogen-bond donors (Lipinski definition) is 0. The van der Waals surface area contributed by atoms with Crippen LogP contribution in [0.3, 0.4) is 0 Å². The first kappa shape index (κ1) is 14.4. The Labute approximate surface area is 126 Å². The minimum Gasteiger partial charge on any atom is -0.437 e. The molecular weight excluding hydrogens is 326 g/mol. The van der Waals surface area contributed by atoms with Crippen molar-refractivity contribution in [3.05, 3.63) is 51.6 Å². The highest BCUT2D eigenvalue weighted by Crippen LogP contribution is 2.34. The van der Waals surface area contributed by atoms with Crippen molar-refractivity contribution in [3.8, 4) is 11.6 Å². The van der Waals surface area contributed by atoms with E-state index in [0.29, 0.717) is 16.8 Å². The van der Waals surface area contributed by atoms with Crippen LogP contribution in [0.1, 0.15) is 31.7 Å². The van der Waals surface area contributed by atoms with Crippen molar-refractivity contribution in [2.75, 3.05) is 0 Å². The number of hydrogen-bond acceptors (Lipinski definition) is 2. The molecule has 2 aromatic rings. The van der Waals surface area contributed by atoms with Crippen LogP contribution in [0.4, 0.5) is 0 Å². The standard InChI is InChI=1S/C15H15BrClNO/c1-3-10(2)12-6-4-5-7-14(12)19-15-13(17)8-11(16)9-18-15/h4-10H,3H2,1-2H3. The first-order valence-corrected chi connectivity index (χ1v) is 7.36. The Morgan fingerprint density at radius 3 is 2.79 bits per heavy atom. The summed E-state index contributed by atoms with van der Waals surface area (Å²) in [6.07, 6.45) is 2.73. The molecule has 2 nitrogen and oxygen atoms in total. The average Bonchev–Trinajstić information content (AvgIpc) is 2.41. The minimum absolute atomic E-state index is 0.431. The zero-order chi connectivity index (χ0) is 13.8. The van der Waals surface area contributed by atoms with Gasteiger partial charge in [0.2, 0.25) is 5.88 Å². The lowest BCUT2D eigenvalue weighted by Gasteiger charge is -2.15. The molecule has 4 heteroatoms. The second-order valence-corrected chi connectivity index (χ2v) is 5.71. The molecule has 0 saturated carbocycles. The molecule has 0 spiro atoms. The molecule has 0 aliphatic heterocycles. The molecule has 1 aromatic heterocycles. The highest BCUT2D eigenvalue weighted by molar-refractivity contribution is 9.10. The van der Waals surface area contributed by atoms with Crippen molar-refractivity contribution >= 4 is 27.5 Å². The van der Waals surface area contributed by atoms with E-state index in [1.165, 1.54) is 5.56 Å². The van der Waals surface area contributed by atoms with Gasteiger partial charge in [0.05, 0.1) is 0 Å². The molecule has 0 aliphatic rings. The van der Waals surface area contributed by atoms with Gasteiger partial charge in [-0.1, -0.05) is 43.6 Å². The molecule has 0 saturated heterocycles. The fourth-order valence-corrected chi connectivity index (χ4v) is 2.45. The SMILES string of the molecule is CCC(C)c1ccccc1Oc1ncc(Br)cc1Cl. The Bertz CT molecular complexity index is 574. The van der Waals surface area contributed by atoms with Crippen LogP contribution in [-0.4, -0.2) is 4.98 Å². The molecule has 1 unspecified atom stereocenters. The van der Waals surface area contributed by atoms with Gasteiger partial charge in [0.1, 0.15) is 10.8 Å². The topological polar surface area (TPSA) is 22.1 Å². The summed E-state index contributed by atoms with van der Waals surface area (Å²) in [6, 6.07) is 9.77. The molecule has 100 valence electrons. The van der Waals surface area contributed by atoms with E-state index in [4.69, 9.17) is 16.3 Å². The Balaban J connectivity index is 2.33. The van der Waals surface area contributed by atoms with E-state index in [2.05, 4.69) is 40.8 Å². The number of halogens is 2. The Morgan fingerprint density at radius 2 is 2.11 bits per heavy atom. The summed E-state index contributed by atoms with van der Waals surface area (Å²) in [5.74, 6) is 1.68. The minimum atomic E-state index is 0.431. The maximum absolute atomic E-state index is 6.13. The number of benzene rings is 1. The Kier molecular flexibility index (Phi) is 4.83. The van der Waals surface area contributed by atoms with Crippen molar-refractivity contribution in [1.29, 1.82) is 0 Å². The summed E-state index contributed by atoms with van der Waals surface area (Å²) >= 11 is 9.46. The maximum atomic E-state index is 6.13. The smallest absolute Gasteiger partial charge is 0.238 e. The molecule has 19 heavy (non-hydrogen) atoms. The third kappa shape index (κ3) is 3.48. The number of ether oxygens (including phenoxy) is 1. The zero-order valence-corrected chi connectivity index (χ0v) is 13.2. The van der Waals surface area contributed by atoms with Crippen LogP contribution in [0, 0.1) is 0 Å². The van der Waals surface area contributed by atoms with Crippen LogP contribution in [0.2, 0.25) is 5.02 Å². The van der Waals surface area contributed by atoms with E-state index >= 15 is 0 Å². The third-order valence-corrected chi connectivity index (χ3v) is 3.75. The molecule has 0 amide bonds. The van der Waals surface area contributed by atoms with E-state index in [9.17, 15) is 0 Å². The summed E-state index contributed by atoms with van der Waals surface area (Å²) < 4.78 is 6.69. The number of aromatic nitrogens is 1. The first-order valence-electron chi connectivity index (χ1n) is 6.19. The lowest BCUT2D eigenvalue weighted by atomic mass is 9.98. The summed E-state index contributed by atoms with van der Waals surface area (Å²) in [7, 11) is 0. The lowest BCUT2D eigenvalue weighted by Crippen LogP contribution is -1.97. The fraction of sp³-hybridized carbons (Fsp3) is 0.267. The van der Waals surface area contributed by atoms with Crippen molar-refractivity contribution in [1.82, 2.24) is 4.98 Å². The zero-order valence-electron chi connectivity index (χ0n) is 10.9. The summed E-state index contributed by atoms with van der Waals surface area (Å²) in [4.78, 5) is 4.20. The van der Waals surface area contributed by atoms with Crippen LogP contribution < -0.4 is 4.74 Å². The molecule has 1 aromatic carbocycles. The molecule has 0 fully saturated rings. The number of nitrogens with zero attached hydrogens (tertiary/aromatic N) is 1. The van der Waals surface area contributed by atoms with Crippen LogP contribution >= 0.6 is 27.5 Å². The second-order valence-electron chi connectivity index (χ2n) is 4.39. The lowest BCUT2D eigenvalue weighted by molar-refractivity contribution is 0.452. The van der Waals surface area contributed by atoms with E-state index < -0.39 is 0 Å². The Morgan fingerprint density at radius 1 is 1.37 bits per heavy atom. The predicted molar refractivity (Wildman–Crippen MR) is 82.2 cm³/mol. The van der Waals surface area contributed by atoms with Crippen molar-refractivity contribution in [2.45, 2.75) is 26.2 Å². The summed E-state index contributed by atoms with van der Waals surface area (Å²) in [5.41, 5.74) is 1.17. The van der Waals surface area contributed by atoms with Gasteiger partial charge in [-0.05, 0) is 46.0 Å². The van der Waals surface area contributed by atoms with Crippen LogP contribution in [0.15, 0.2) is 41.0 Å². The molecule has 1 heterocycles. The van der Waals surface area contributed by atoms with E-state index in [1.54, 1.807) is 12.3 Å². The second kappa shape index (κ2) is 6.40. The molecule has 0 bridgehead atoms. The van der Waals surface area contributed by atoms with Gasteiger partial charge in [0, 0.05) is 10.7 Å². The van der Waals surface area contributed by atoms with E-state index in [-0.39, 0.29) is 0 Å². The van der Waals surface area contributed by atoms with Crippen LogP contribution in [0.5, 0.6) is 11.6 Å². The van der Waals surface area contributed by atoms with E-state index in [0.717, 1.165) is 16.6 Å². The predicted octanol–water partition coefficient (Wildman–Crippen LogP) is 5.80. The summed E-state index contributed by atoms with van der Waals surface area (Å²) in [5, 5.41) is 0.494. The molecule has 0 N–H and O–H groups in total. The van der Waals surface area contributed by atoms with Crippen LogP contribution in [0.25, 0.3) is 0 Å². The third-order valence-electron chi connectivity index (χ3n) is 3.04. The van der Waals surface area contributed by atoms with Gasteiger partial charge in [-0.3, -0.25) is 0 Å². The van der Waals surface area contributed by atoms with Gasteiger partial charge in [0.15, 0.2) is 0 Å². The monoisotopic (exact) mass is 339 g/mol. The number of pyridine rings is 1. The van der Waals surface area contributed by atoms with Gasteiger partial charge in [-0.25, -0.2) is 4.98 Å². The number of rotatable bonds is 4. The van der Waals surface area contributed by atoms with Gasteiger partial charge < -0.3 is 4.74 Å². The van der Waals surface area contributed by atoms with Gasteiger partial charge in [0.25, 0.3) is 0 Å². The van der Waals surface area contributed by atoms with Crippen LogP contribution in [-0.2, 0) is 0 Å². The molecular formula is C15H15BrClNO. The van der Waals surface area contributed by atoms with Crippen molar-refractivity contribution in [2.24, 2.45) is 0 Å². The maximum Gasteiger partial charge on any atom is 0.238 e. The fourth-order valence-electron chi connectivity index (χ4n) is 1.78. The summed E-state index contributed by atoms with van der Waals surface area (Å²) in [6.45, 7) is 4.34. The molecule has 1 atom stereocenters. The van der Waals surface area contributed by atoms with Crippen molar-refractivity contribution in [3.63, 3.8) is 0 Å². The quantitative estimate of drug-likeness (QED) is 0.701. The highest BCUT2D eigenvalue weighted by atomic mass is 79.9. The molecule has 0 aliphatic carbocycles. The first-order chi connectivity index (χ1) is 9.11. The van der Waals surface area contributed by atoms with E-state index in [1.807, 2.05) is 18.2 Å². The Hall–Kier alpha value is -1.06. The largest absolute Gasteiger partial charge is 0.437 e. The normalized spacial score (nSPS) is 12.2. The molecule has 0 radical (unpaired) electrons. The van der Waals surface area contributed by atoms with Crippen molar-refractivity contribution < 1.29 is 4.74 Å². The van der Waals surface area contributed by atoms with Gasteiger partial charge in [-0.2, -0.15) is 0 Å². The molecule has 2 rings (SSSR count). The highest BCUT2D eigenvalue weighted by Gasteiger charge is 2.12. The van der Waals surface area contributed by atoms with Gasteiger partial charge in [-0.15, -0.1) is 0 Å². The number of para-hydroxylation sites is 1. The average molecular weight is 341 g/mol. The van der Waals surface area contributed by atoms with Gasteiger partial charge >= 0.3 is 0 Å².